The van der Waals surface area contributed by atoms with E-state index >= 15 is 0 Å². The van der Waals surface area contributed by atoms with E-state index in [0.29, 0.717) is 5.56 Å². The van der Waals surface area contributed by atoms with Gasteiger partial charge >= 0.3 is 0 Å². The van der Waals surface area contributed by atoms with Gasteiger partial charge in [0.25, 0.3) is 0 Å². The largest absolute Gasteiger partial charge is 0.366 e. The molecule has 25 heavy (non-hydrogen) atoms. The first-order valence-corrected chi connectivity index (χ1v) is 11.7. The number of carbonyl (C=O) groups excluding carboxylic acids is 1. The second kappa shape index (κ2) is 14.5. The Morgan fingerprint density at radius 3 is 1.76 bits per heavy atom. The molecule has 0 aromatic carbocycles. The number of amides is 1. The van der Waals surface area contributed by atoms with E-state index in [1.165, 1.54) is 64.2 Å². The highest BCUT2D eigenvalue weighted by molar-refractivity contribution is 7.99. The maximum absolute atomic E-state index is 11.6. The van der Waals surface area contributed by atoms with E-state index in [0.717, 1.165) is 21.6 Å². The van der Waals surface area contributed by atoms with Crippen LogP contribution in [0.3, 0.4) is 0 Å². The average molecular weight is 383 g/mol. The van der Waals surface area contributed by atoms with Crippen molar-refractivity contribution in [1.29, 1.82) is 0 Å². The van der Waals surface area contributed by atoms with Gasteiger partial charge in [-0.15, -0.1) is 23.5 Å². The molecule has 0 aliphatic rings. The van der Waals surface area contributed by atoms with Gasteiger partial charge in [-0.2, -0.15) is 0 Å². The predicted octanol–water partition coefficient (Wildman–Crippen LogP) is 6.31. The van der Waals surface area contributed by atoms with Crippen LogP contribution in [-0.2, 0) is 0 Å². The van der Waals surface area contributed by atoms with Gasteiger partial charge in [0.15, 0.2) is 0 Å². The number of pyridine rings is 1. The normalized spacial score (nSPS) is 11.0. The van der Waals surface area contributed by atoms with Crippen molar-refractivity contribution >= 4 is 29.4 Å². The van der Waals surface area contributed by atoms with Crippen LogP contribution in [0.15, 0.2) is 22.2 Å². The van der Waals surface area contributed by atoms with Crippen LogP contribution in [0.2, 0.25) is 0 Å². The summed E-state index contributed by atoms with van der Waals surface area (Å²) in [6, 6.07) is 3.67. The van der Waals surface area contributed by atoms with E-state index in [4.69, 9.17) is 10.7 Å². The van der Waals surface area contributed by atoms with Gasteiger partial charge in [-0.1, -0.05) is 65.2 Å². The van der Waals surface area contributed by atoms with Gasteiger partial charge in [-0.3, -0.25) is 4.79 Å². The Bertz CT molecular complexity index is 495. The maximum atomic E-state index is 11.6. The lowest BCUT2D eigenvalue weighted by Gasteiger charge is -2.07. The summed E-state index contributed by atoms with van der Waals surface area (Å²) in [5.74, 6) is 1.75. The van der Waals surface area contributed by atoms with Crippen molar-refractivity contribution in [3.05, 3.63) is 17.7 Å². The summed E-state index contributed by atoms with van der Waals surface area (Å²) in [6.45, 7) is 4.46. The van der Waals surface area contributed by atoms with Crippen LogP contribution >= 0.6 is 23.5 Å². The Morgan fingerprint density at radius 2 is 1.28 bits per heavy atom. The molecule has 0 aliphatic heterocycles. The Kier molecular flexibility index (Phi) is 13.0. The van der Waals surface area contributed by atoms with Crippen molar-refractivity contribution in [3.8, 4) is 0 Å². The first-order valence-electron chi connectivity index (χ1n) is 9.74. The van der Waals surface area contributed by atoms with Crippen LogP contribution in [0.1, 0.15) is 88.4 Å². The first kappa shape index (κ1) is 22.4. The van der Waals surface area contributed by atoms with Crippen LogP contribution in [0, 0.1) is 0 Å². The third kappa shape index (κ3) is 10.8. The third-order valence-corrected chi connectivity index (χ3v) is 6.05. The summed E-state index contributed by atoms with van der Waals surface area (Å²) in [5.41, 5.74) is 6.06. The van der Waals surface area contributed by atoms with Crippen molar-refractivity contribution in [2.45, 2.75) is 88.1 Å². The standard InChI is InChI=1S/C20H34N2OS2/c1-3-5-7-9-10-12-14-25-19-16-17(20(21)23)15-18(22-19)24-13-11-8-6-4-2/h15-16H,3-14H2,1-2H3,(H2,21,23). The number of unbranched alkanes of at least 4 members (excludes halogenated alkanes) is 8. The summed E-state index contributed by atoms with van der Waals surface area (Å²) in [5, 5.41) is 1.86. The minimum Gasteiger partial charge on any atom is -0.366 e. The highest BCUT2D eigenvalue weighted by Crippen LogP contribution is 2.25. The lowest BCUT2D eigenvalue weighted by molar-refractivity contribution is 0.0999. The summed E-state index contributed by atoms with van der Waals surface area (Å²) in [7, 11) is 0. The molecule has 142 valence electrons. The molecule has 0 saturated heterocycles. The van der Waals surface area contributed by atoms with Gasteiger partial charge in [0.05, 0.1) is 10.1 Å². The van der Waals surface area contributed by atoms with E-state index in [2.05, 4.69) is 13.8 Å². The maximum Gasteiger partial charge on any atom is 0.248 e. The van der Waals surface area contributed by atoms with Crippen molar-refractivity contribution in [2.24, 2.45) is 5.73 Å². The second-order valence-electron chi connectivity index (χ2n) is 6.42. The van der Waals surface area contributed by atoms with Crippen molar-refractivity contribution < 1.29 is 4.79 Å². The zero-order chi connectivity index (χ0) is 18.3. The molecule has 1 heterocycles. The van der Waals surface area contributed by atoms with Gasteiger partial charge < -0.3 is 5.73 Å². The van der Waals surface area contributed by atoms with E-state index in [9.17, 15) is 4.79 Å². The number of thioether (sulfide) groups is 2. The Balaban J connectivity index is 2.44. The lowest BCUT2D eigenvalue weighted by Crippen LogP contribution is -2.11. The van der Waals surface area contributed by atoms with Crippen LogP contribution in [-0.4, -0.2) is 22.4 Å². The van der Waals surface area contributed by atoms with E-state index < -0.39 is 0 Å². The summed E-state index contributed by atoms with van der Waals surface area (Å²) in [4.78, 5) is 16.3. The minimum absolute atomic E-state index is 0.364. The number of primary amides is 1. The number of hydrogen-bond acceptors (Lipinski definition) is 4. The third-order valence-electron chi connectivity index (χ3n) is 4.06. The molecule has 1 rings (SSSR count). The fourth-order valence-electron chi connectivity index (χ4n) is 2.54. The molecule has 3 nitrogen and oxygen atoms in total. The Labute approximate surface area is 162 Å². The van der Waals surface area contributed by atoms with E-state index in [1.807, 2.05) is 12.1 Å². The number of carbonyl (C=O) groups is 1. The zero-order valence-electron chi connectivity index (χ0n) is 15.9. The quantitative estimate of drug-likeness (QED) is 0.285. The number of nitrogens with two attached hydrogens (primary N) is 1. The molecule has 0 unspecified atom stereocenters. The molecule has 0 fully saturated rings. The van der Waals surface area contributed by atoms with Gasteiger partial charge in [-0.05, 0) is 36.5 Å². The van der Waals surface area contributed by atoms with Crippen LogP contribution in [0.4, 0.5) is 0 Å². The lowest BCUT2D eigenvalue weighted by atomic mass is 10.1. The smallest absolute Gasteiger partial charge is 0.248 e. The Hall–Kier alpha value is -0.680. The van der Waals surface area contributed by atoms with Crippen LogP contribution < -0.4 is 5.73 Å². The molecule has 0 atom stereocenters. The summed E-state index contributed by atoms with van der Waals surface area (Å²) >= 11 is 3.48. The second-order valence-corrected chi connectivity index (χ2v) is 8.65. The molecule has 0 saturated carbocycles. The molecular weight excluding hydrogens is 348 g/mol. The monoisotopic (exact) mass is 382 g/mol. The number of aromatic nitrogens is 1. The van der Waals surface area contributed by atoms with Gasteiger partial charge in [0.2, 0.25) is 5.91 Å². The summed E-state index contributed by atoms with van der Waals surface area (Å²) in [6.07, 6.45) is 12.8. The number of rotatable bonds is 15. The molecule has 0 bridgehead atoms. The highest BCUT2D eigenvalue weighted by atomic mass is 32.2. The molecule has 5 heteroatoms. The summed E-state index contributed by atoms with van der Waals surface area (Å²) < 4.78 is 0. The first-order chi connectivity index (χ1) is 12.2. The fraction of sp³-hybridized carbons (Fsp3) is 0.700. The predicted molar refractivity (Wildman–Crippen MR) is 112 cm³/mol. The average Bonchev–Trinajstić information content (AvgIpc) is 2.60. The SMILES string of the molecule is CCCCCCCCSc1cc(C(N)=O)cc(SCCCCCC)n1. The molecule has 1 amide bonds. The minimum atomic E-state index is -0.364. The van der Waals surface area contributed by atoms with Crippen molar-refractivity contribution in [1.82, 2.24) is 4.98 Å². The molecule has 0 radical (unpaired) electrons. The van der Waals surface area contributed by atoms with Crippen LogP contribution in [0.25, 0.3) is 0 Å². The van der Waals surface area contributed by atoms with Crippen molar-refractivity contribution in [2.75, 3.05) is 11.5 Å². The highest BCUT2D eigenvalue weighted by Gasteiger charge is 2.08. The van der Waals surface area contributed by atoms with Gasteiger partial charge in [0.1, 0.15) is 0 Å². The van der Waals surface area contributed by atoms with Gasteiger partial charge in [-0.25, -0.2) is 4.98 Å². The van der Waals surface area contributed by atoms with E-state index in [-0.39, 0.29) is 5.91 Å². The number of hydrogen-bond donors (Lipinski definition) is 1. The molecule has 2 N–H and O–H groups in total. The molecular formula is C20H34N2OS2. The molecule has 0 aliphatic carbocycles. The zero-order valence-corrected chi connectivity index (χ0v) is 17.5. The van der Waals surface area contributed by atoms with Crippen molar-refractivity contribution in [3.63, 3.8) is 0 Å². The fourth-order valence-corrected chi connectivity index (χ4v) is 4.46. The Morgan fingerprint density at radius 1 is 0.840 bits per heavy atom. The van der Waals surface area contributed by atoms with E-state index in [1.54, 1.807) is 23.5 Å². The molecule has 1 aromatic heterocycles. The van der Waals surface area contributed by atoms with Gasteiger partial charge in [0, 0.05) is 5.56 Å². The molecule has 0 spiro atoms. The van der Waals surface area contributed by atoms with Crippen LogP contribution in [0.5, 0.6) is 0 Å². The topological polar surface area (TPSA) is 56.0 Å². The number of nitrogens with zero attached hydrogens (tertiary/aromatic N) is 1. The molecule has 1 aromatic rings.